The fourth-order valence-electron chi connectivity index (χ4n) is 1.53. The number of aldehydes is 1. The van der Waals surface area contributed by atoms with Crippen molar-refractivity contribution in [2.75, 3.05) is 13.1 Å². The van der Waals surface area contributed by atoms with Gasteiger partial charge in [-0.25, -0.2) is 9.59 Å². The Kier molecular flexibility index (Phi) is 4.52. The van der Waals surface area contributed by atoms with Gasteiger partial charge in [0.25, 0.3) is 0 Å². The third-order valence-corrected chi connectivity index (χ3v) is 2.37. The maximum absolute atomic E-state index is 11.6. The SMILES string of the molecule is CC(C)(C)OC(=O)NC1CNC(=O)NCC1C=O. The van der Waals surface area contributed by atoms with Crippen LogP contribution in [0.5, 0.6) is 0 Å². The molecule has 0 bridgehead atoms. The fraction of sp³-hybridized carbons (Fsp3) is 0.727. The minimum Gasteiger partial charge on any atom is -0.444 e. The van der Waals surface area contributed by atoms with Crippen molar-refractivity contribution < 1.29 is 19.1 Å². The van der Waals surface area contributed by atoms with Gasteiger partial charge in [0.15, 0.2) is 0 Å². The largest absolute Gasteiger partial charge is 0.444 e. The first-order valence-electron chi connectivity index (χ1n) is 5.78. The number of nitrogens with one attached hydrogen (secondary N) is 3. The van der Waals surface area contributed by atoms with Crippen LogP contribution >= 0.6 is 0 Å². The molecule has 2 unspecified atom stereocenters. The van der Waals surface area contributed by atoms with Crippen LogP contribution in [-0.2, 0) is 9.53 Å². The molecule has 7 nitrogen and oxygen atoms in total. The summed E-state index contributed by atoms with van der Waals surface area (Å²) in [7, 11) is 0. The van der Waals surface area contributed by atoms with E-state index < -0.39 is 23.7 Å². The summed E-state index contributed by atoms with van der Waals surface area (Å²) in [6.07, 6.45) is 0.116. The lowest BCUT2D eigenvalue weighted by atomic mass is 10.0. The Balaban J connectivity index is 2.59. The molecule has 18 heavy (non-hydrogen) atoms. The molecular formula is C11H19N3O4. The Hall–Kier alpha value is -1.79. The normalized spacial score (nSPS) is 24.3. The molecule has 1 aliphatic rings. The molecule has 0 aromatic heterocycles. The maximum atomic E-state index is 11.6. The first kappa shape index (κ1) is 14.3. The van der Waals surface area contributed by atoms with Gasteiger partial charge < -0.3 is 25.5 Å². The molecule has 1 aliphatic heterocycles. The summed E-state index contributed by atoms with van der Waals surface area (Å²) < 4.78 is 5.10. The summed E-state index contributed by atoms with van der Waals surface area (Å²) in [5.41, 5.74) is -0.604. The van der Waals surface area contributed by atoms with E-state index in [-0.39, 0.29) is 19.1 Å². The first-order chi connectivity index (χ1) is 8.31. The van der Waals surface area contributed by atoms with Gasteiger partial charge >= 0.3 is 12.1 Å². The molecule has 7 heteroatoms. The molecule has 1 fully saturated rings. The summed E-state index contributed by atoms with van der Waals surface area (Å²) in [5, 5.41) is 7.66. The molecule has 0 aromatic rings. The van der Waals surface area contributed by atoms with Crippen LogP contribution in [0.1, 0.15) is 20.8 Å². The molecular weight excluding hydrogens is 238 g/mol. The molecule has 1 saturated heterocycles. The first-order valence-corrected chi connectivity index (χ1v) is 5.78. The van der Waals surface area contributed by atoms with E-state index in [2.05, 4.69) is 16.0 Å². The third kappa shape index (κ3) is 4.60. The van der Waals surface area contributed by atoms with E-state index in [0.29, 0.717) is 0 Å². The second kappa shape index (κ2) is 5.70. The summed E-state index contributed by atoms with van der Waals surface area (Å²) in [6, 6.07) is -0.827. The number of alkyl carbamates (subject to hydrolysis) is 1. The van der Waals surface area contributed by atoms with Gasteiger partial charge in [-0.05, 0) is 20.8 Å². The lowest BCUT2D eigenvalue weighted by Crippen LogP contribution is -2.48. The molecule has 0 spiro atoms. The van der Waals surface area contributed by atoms with E-state index in [4.69, 9.17) is 4.74 Å². The Bertz CT molecular complexity index is 338. The second-order valence-electron chi connectivity index (χ2n) is 5.14. The number of rotatable bonds is 2. The van der Waals surface area contributed by atoms with E-state index in [1.807, 2.05) is 0 Å². The molecule has 102 valence electrons. The lowest BCUT2D eigenvalue weighted by Gasteiger charge is -2.24. The number of hydrogen-bond acceptors (Lipinski definition) is 4. The van der Waals surface area contributed by atoms with Gasteiger partial charge in [0.1, 0.15) is 11.9 Å². The molecule has 0 aliphatic carbocycles. The molecule has 3 amide bonds. The lowest BCUT2D eigenvalue weighted by molar-refractivity contribution is -0.111. The number of hydrogen-bond donors (Lipinski definition) is 3. The van der Waals surface area contributed by atoms with E-state index in [0.717, 1.165) is 6.29 Å². The topological polar surface area (TPSA) is 96.5 Å². The Labute approximate surface area is 106 Å². The zero-order valence-corrected chi connectivity index (χ0v) is 10.8. The summed E-state index contributed by atoms with van der Waals surface area (Å²) in [6.45, 7) is 5.63. The molecule has 1 heterocycles. The van der Waals surface area contributed by atoms with E-state index in [9.17, 15) is 14.4 Å². The van der Waals surface area contributed by atoms with Crippen molar-refractivity contribution in [3.05, 3.63) is 0 Å². The minimum atomic E-state index is -0.604. The monoisotopic (exact) mass is 257 g/mol. The highest BCUT2D eigenvalue weighted by atomic mass is 16.6. The highest BCUT2D eigenvalue weighted by molar-refractivity contribution is 5.76. The molecule has 0 aromatic carbocycles. The van der Waals surface area contributed by atoms with Crippen LogP contribution in [-0.4, -0.2) is 43.1 Å². The number of carbonyl (C=O) groups is 3. The number of amides is 3. The van der Waals surface area contributed by atoms with Gasteiger partial charge in [0.2, 0.25) is 0 Å². The highest BCUT2D eigenvalue weighted by Gasteiger charge is 2.28. The molecule has 0 saturated carbocycles. The zero-order chi connectivity index (χ0) is 13.8. The van der Waals surface area contributed by atoms with Crippen LogP contribution in [0.3, 0.4) is 0 Å². The van der Waals surface area contributed by atoms with Gasteiger partial charge in [-0.15, -0.1) is 0 Å². The third-order valence-electron chi connectivity index (χ3n) is 2.37. The van der Waals surface area contributed by atoms with Crippen molar-refractivity contribution in [3.63, 3.8) is 0 Å². The quantitative estimate of drug-likeness (QED) is 0.607. The van der Waals surface area contributed by atoms with E-state index in [1.54, 1.807) is 20.8 Å². The van der Waals surface area contributed by atoms with E-state index >= 15 is 0 Å². The van der Waals surface area contributed by atoms with Gasteiger partial charge in [0.05, 0.1) is 12.0 Å². The minimum absolute atomic E-state index is 0.189. The average Bonchev–Trinajstić information content (AvgIpc) is 2.39. The van der Waals surface area contributed by atoms with Crippen LogP contribution in [0, 0.1) is 5.92 Å². The van der Waals surface area contributed by atoms with Gasteiger partial charge in [-0.3, -0.25) is 0 Å². The molecule has 2 atom stereocenters. The number of carbonyl (C=O) groups excluding carboxylic acids is 3. The van der Waals surface area contributed by atoms with Crippen LogP contribution < -0.4 is 16.0 Å². The van der Waals surface area contributed by atoms with Crippen molar-refractivity contribution in [2.24, 2.45) is 5.92 Å². The highest BCUT2D eigenvalue weighted by Crippen LogP contribution is 2.08. The van der Waals surface area contributed by atoms with Crippen LogP contribution in [0.25, 0.3) is 0 Å². The molecule has 1 rings (SSSR count). The summed E-state index contributed by atoms with van der Waals surface area (Å²) in [4.78, 5) is 33.6. The Morgan fingerprint density at radius 2 is 2.00 bits per heavy atom. The van der Waals surface area contributed by atoms with Crippen molar-refractivity contribution >= 4 is 18.4 Å². The maximum Gasteiger partial charge on any atom is 0.407 e. The Morgan fingerprint density at radius 1 is 1.39 bits per heavy atom. The fourth-order valence-corrected chi connectivity index (χ4v) is 1.53. The van der Waals surface area contributed by atoms with Crippen molar-refractivity contribution in [1.82, 2.24) is 16.0 Å². The van der Waals surface area contributed by atoms with Crippen molar-refractivity contribution in [1.29, 1.82) is 0 Å². The number of ether oxygens (including phenoxy) is 1. The average molecular weight is 257 g/mol. The second-order valence-corrected chi connectivity index (χ2v) is 5.14. The molecule has 3 N–H and O–H groups in total. The van der Waals surface area contributed by atoms with Crippen molar-refractivity contribution in [2.45, 2.75) is 32.4 Å². The van der Waals surface area contributed by atoms with Gasteiger partial charge in [0, 0.05) is 13.1 Å². The number of urea groups is 1. The summed E-state index contributed by atoms with van der Waals surface area (Å²) in [5.74, 6) is -0.475. The standard InChI is InChI=1S/C11H19N3O4/c1-11(2,3)18-10(17)14-8-5-13-9(16)12-4-7(8)6-15/h6-8H,4-5H2,1-3H3,(H,14,17)(H2,12,13,16). The van der Waals surface area contributed by atoms with Crippen LogP contribution in [0.4, 0.5) is 9.59 Å². The molecule has 0 radical (unpaired) electrons. The van der Waals surface area contributed by atoms with Crippen molar-refractivity contribution in [3.8, 4) is 0 Å². The van der Waals surface area contributed by atoms with Gasteiger partial charge in [-0.2, -0.15) is 0 Å². The predicted octanol–water partition coefficient (Wildman–Crippen LogP) is 0.00760. The zero-order valence-electron chi connectivity index (χ0n) is 10.8. The van der Waals surface area contributed by atoms with Crippen LogP contribution in [0.15, 0.2) is 0 Å². The predicted molar refractivity (Wildman–Crippen MR) is 64.1 cm³/mol. The summed E-state index contributed by atoms with van der Waals surface area (Å²) >= 11 is 0. The smallest absolute Gasteiger partial charge is 0.407 e. The Morgan fingerprint density at radius 3 is 2.56 bits per heavy atom. The van der Waals surface area contributed by atoms with E-state index in [1.165, 1.54) is 0 Å². The van der Waals surface area contributed by atoms with Crippen LogP contribution in [0.2, 0.25) is 0 Å². The van der Waals surface area contributed by atoms with Gasteiger partial charge in [-0.1, -0.05) is 0 Å².